The first-order chi connectivity index (χ1) is 18.2. The molecule has 9 heteroatoms. The molecule has 0 spiro atoms. The van der Waals surface area contributed by atoms with E-state index >= 15 is 0 Å². The average molecular weight is 527 g/mol. The van der Waals surface area contributed by atoms with Gasteiger partial charge in [0.15, 0.2) is 0 Å². The second-order valence-corrected chi connectivity index (χ2v) is 10.5. The number of carbonyl (C=O) groups is 2. The van der Waals surface area contributed by atoms with Crippen molar-refractivity contribution in [2.24, 2.45) is 5.92 Å². The Hall–Kier alpha value is -3.01. The summed E-state index contributed by atoms with van der Waals surface area (Å²) in [6.07, 6.45) is 5.63. The number of aliphatic hydroxyl groups excluding tert-OH is 1. The fourth-order valence-electron chi connectivity index (χ4n) is 4.53. The minimum atomic E-state index is -0.418. The average Bonchev–Trinajstić information content (AvgIpc) is 2.90. The van der Waals surface area contributed by atoms with Crippen LogP contribution in [0.4, 0.5) is 5.69 Å². The number of ether oxygens (including phenoxy) is 2. The molecule has 0 bridgehead atoms. The summed E-state index contributed by atoms with van der Waals surface area (Å²) in [5.41, 5.74) is 1.29. The van der Waals surface area contributed by atoms with Crippen molar-refractivity contribution in [3.8, 4) is 5.75 Å². The molecule has 0 aliphatic carbocycles. The Labute approximate surface area is 226 Å². The molecule has 9 nitrogen and oxygen atoms in total. The van der Waals surface area contributed by atoms with Crippen molar-refractivity contribution in [3.05, 3.63) is 53.9 Å². The molecule has 0 unspecified atom stereocenters. The number of amides is 2. The molecule has 208 valence electrons. The van der Waals surface area contributed by atoms with Crippen LogP contribution in [-0.4, -0.2) is 90.4 Å². The van der Waals surface area contributed by atoms with Crippen LogP contribution in [0.5, 0.6) is 5.75 Å². The van der Waals surface area contributed by atoms with Crippen LogP contribution in [0, 0.1) is 5.92 Å². The van der Waals surface area contributed by atoms with E-state index in [-0.39, 0.29) is 36.5 Å². The maximum Gasteiger partial charge on any atom is 0.258 e. The van der Waals surface area contributed by atoms with Crippen LogP contribution >= 0.6 is 0 Å². The second kappa shape index (κ2) is 14.2. The summed E-state index contributed by atoms with van der Waals surface area (Å²) in [7, 11) is 4.02. The minimum Gasteiger partial charge on any atom is -0.490 e. The number of benzene rings is 1. The first-order valence-corrected chi connectivity index (χ1v) is 13.4. The van der Waals surface area contributed by atoms with E-state index < -0.39 is 6.04 Å². The van der Waals surface area contributed by atoms with Crippen LogP contribution in [0.15, 0.2) is 42.7 Å². The molecule has 2 heterocycles. The van der Waals surface area contributed by atoms with Gasteiger partial charge >= 0.3 is 0 Å². The maximum absolute atomic E-state index is 14.1. The summed E-state index contributed by atoms with van der Waals surface area (Å²) in [4.78, 5) is 34.6. The van der Waals surface area contributed by atoms with Crippen LogP contribution in [0.2, 0.25) is 0 Å². The SMILES string of the molecule is C[C@@H]1CCCCO[C@H](CN(C)C)[C@H](C)CN([C@@H](C)CO)C(=O)c2cc(NC(=O)c3ccncc3)ccc2O1. The fraction of sp³-hybridized carbons (Fsp3) is 0.552. The van der Waals surface area contributed by atoms with E-state index in [4.69, 9.17) is 9.47 Å². The van der Waals surface area contributed by atoms with Gasteiger partial charge in [0, 0.05) is 49.3 Å². The van der Waals surface area contributed by atoms with Crippen LogP contribution in [0.1, 0.15) is 60.7 Å². The van der Waals surface area contributed by atoms with Gasteiger partial charge < -0.3 is 29.7 Å². The number of likely N-dealkylation sites (N-methyl/N-ethyl adjacent to an activating group) is 1. The number of aromatic nitrogens is 1. The third-order valence-electron chi connectivity index (χ3n) is 6.80. The number of carbonyl (C=O) groups excluding carboxylic acids is 2. The lowest BCUT2D eigenvalue weighted by Crippen LogP contribution is -2.47. The van der Waals surface area contributed by atoms with E-state index in [0.717, 1.165) is 25.8 Å². The van der Waals surface area contributed by atoms with Crippen LogP contribution < -0.4 is 10.1 Å². The first kappa shape index (κ1) is 29.5. The van der Waals surface area contributed by atoms with Gasteiger partial charge in [-0.05, 0) is 77.5 Å². The van der Waals surface area contributed by atoms with Gasteiger partial charge in [0.25, 0.3) is 11.8 Å². The number of aliphatic hydroxyl groups is 1. The second-order valence-electron chi connectivity index (χ2n) is 10.5. The number of hydrogen-bond donors (Lipinski definition) is 2. The highest BCUT2D eigenvalue weighted by Crippen LogP contribution is 2.28. The van der Waals surface area contributed by atoms with E-state index in [1.54, 1.807) is 47.6 Å². The lowest BCUT2D eigenvalue weighted by Gasteiger charge is -2.35. The molecule has 0 saturated carbocycles. The number of rotatable bonds is 6. The van der Waals surface area contributed by atoms with E-state index in [9.17, 15) is 14.7 Å². The summed E-state index contributed by atoms with van der Waals surface area (Å²) < 4.78 is 12.5. The van der Waals surface area contributed by atoms with Gasteiger partial charge in [-0.2, -0.15) is 0 Å². The standard InChI is InChI=1S/C29H42N4O5/c1-20-17-33(21(2)19-34)29(36)25-16-24(31-28(35)23-11-13-30-14-12-23)9-10-26(25)38-22(3)8-6-7-15-37-27(20)18-32(4)5/h9-14,16,20-22,27,34H,6-8,15,17-19H2,1-5H3,(H,31,35)/t20-,21+,22-,27-/m1/s1. The van der Waals surface area contributed by atoms with Crippen molar-refractivity contribution in [1.82, 2.24) is 14.8 Å². The normalized spacial score (nSPS) is 22.2. The van der Waals surface area contributed by atoms with E-state index in [0.29, 0.717) is 35.7 Å². The number of anilines is 1. The van der Waals surface area contributed by atoms with Crippen molar-refractivity contribution in [3.63, 3.8) is 0 Å². The van der Waals surface area contributed by atoms with E-state index in [1.165, 1.54) is 0 Å². The van der Waals surface area contributed by atoms with Crippen molar-refractivity contribution in [2.45, 2.75) is 58.3 Å². The van der Waals surface area contributed by atoms with Gasteiger partial charge in [-0.3, -0.25) is 14.6 Å². The Kier molecular flexibility index (Phi) is 11.1. The molecular formula is C29H42N4O5. The van der Waals surface area contributed by atoms with Crippen molar-refractivity contribution < 1.29 is 24.2 Å². The monoisotopic (exact) mass is 526 g/mol. The molecule has 4 atom stereocenters. The molecule has 1 aliphatic heterocycles. The zero-order chi connectivity index (χ0) is 27.7. The third kappa shape index (κ3) is 8.24. The highest BCUT2D eigenvalue weighted by atomic mass is 16.5. The summed E-state index contributed by atoms with van der Waals surface area (Å²) in [5, 5.41) is 12.9. The van der Waals surface area contributed by atoms with Gasteiger partial charge in [0.05, 0.1) is 30.4 Å². The third-order valence-corrected chi connectivity index (χ3v) is 6.80. The van der Waals surface area contributed by atoms with Crippen molar-refractivity contribution in [2.75, 3.05) is 45.7 Å². The van der Waals surface area contributed by atoms with Gasteiger partial charge in [-0.15, -0.1) is 0 Å². The van der Waals surface area contributed by atoms with Gasteiger partial charge in [-0.1, -0.05) is 6.92 Å². The summed E-state index contributed by atoms with van der Waals surface area (Å²) in [6, 6.07) is 7.97. The van der Waals surface area contributed by atoms with Gasteiger partial charge in [0.1, 0.15) is 5.75 Å². The topological polar surface area (TPSA) is 104 Å². The Morgan fingerprint density at radius 3 is 2.63 bits per heavy atom. The largest absolute Gasteiger partial charge is 0.490 e. The quantitative estimate of drug-likeness (QED) is 0.592. The van der Waals surface area contributed by atoms with Crippen LogP contribution in [0.25, 0.3) is 0 Å². The number of hydrogen-bond acceptors (Lipinski definition) is 7. The lowest BCUT2D eigenvalue weighted by molar-refractivity contribution is -0.0137. The van der Waals surface area contributed by atoms with Crippen molar-refractivity contribution >= 4 is 17.5 Å². The Balaban J connectivity index is 1.98. The number of nitrogens with zero attached hydrogens (tertiary/aromatic N) is 3. The minimum absolute atomic E-state index is 0.0242. The van der Waals surface area contributed by atoms with Crippen molar-refractivity contribution in [1.29, 1.82) is 0 Å². The molecule has 1 aliphatic rings. The highest BCUT2D eigenvalue weighted by molar-refractivity contribution is 6.05. The molecule has 3 rings (SSSR count). The molecular weight excluding hydrogens is 484 g/mol. The summed E-state index contributed by atoms with van der Waals surface area (Å²) >= 11 is 0. The molecule has 2 amide bonds. The van der Waals surface area contributed by atoms with Crippen LogP contribution in [0.3, 0.4) is 0 Å². The zero-order valence-corrected chi connectivity index (χ0v) is 23.2. The molecule has 38 heavy (non-hydrogen) atoms. The molecule has 2 aromatic rings. The van der Waals surface area contributed by atoms with E-state index in [1.807, 2.05) is 27.9 Å². The molecule has 0 fully saturated rings. The van der Waals surface area contributed by atoms with Crippen LogP contribution in [-0.2, 0) is 4.74 Å². The molecule has 2 N–H and O–H groups in total. The Morgan fingerprint density at radius 1 is 1.21 bits per heavy atom. The van der Waals surface area contributed by atoms with E-state index in [2.05, 4.69) is 22.1 Å². The highest BCUT2D eigenvalue weighted by Gasteiger charge is 2.30. The molecule has 0 saturated heterocycles. The molecule has 1 aromatic carbocycles. The summed E-state index contributed by atoms with van der Waals surface area (Å²) in [5.74, 6) is -0.0735. The summed E-state index contributed by atoms with van der Waals surface area (Å²) in [6.45, 7) is 7.51. The number of nitrogens with one attached hydrogen (secondary N) is 1. The predicted octanol–water partition coefficient (Wildman–Crippen LogP) is 3.69. The number of pyridine rings is 1. The number of fused-ring (bicyclic) bond motifs is 1. The smallest absolute Gasteiger partial charge is 0.258 e. The Bertz CT molecular complexity index is 1050. The lowest BCUT2D eigenvalue weighted by atomic mass is 10.0. The zero-order valence-electron chi connectivity index (χ0n) is 23.2. The maximum atomic E-state index is 14.1. The molecule has 1 aromatic heterocycles. The fourth-order valence-corrected chi connectivity index (χ4v) is 4.53. The first-order valence-electron chi connectivity index (χ1n) is 13.4. The van der Waals surface area contributed by atoms with Gasteiger partial charge in [-0.25, -0.2) is 0 Å². The van der Waals surface area contributed by atoms with Gasteiger partial charge in [0.2, 0.25) is 0 Å². The Morgan fingerprint density at radius 2 is 1.95 bits per heavy atom. The molecule has 0 radical (unpaired) electrons. The predicted molar refractivity (Wildman–Crippen MR) is 148 cm³/mol.